The molecule has 2 aromatic heterocycles. The van der Waals surface area contributed by atoms with Gasteiger partial charge >= 0.3 is 0 Å². The molecule has 1 aliphatic heterocycles. The maximum atomic E-state index is 5.95. The zero-order valence-corrected chi connectivity index (χ0v) is 14.1. The number of hydrogen-bond donors (Lipinski definition) is 0. The standard InChI is InChI=1S/C18H19N3OS/c1-12-4-3-5-14(10-12)18-20-19-17(22-18)13(2)21-8-6-16-15(11-21)7-9-23-16/h3-5,7,9-10,13H,6,8,11H2,1-2H3. The second kappa shape index (κ2) is 5.91. The quantitative estimate of drug-likeness (QED) is 0.723. The topological polar surface area (TPSA) is 42.2 Å². The molecule has 0 radical (unpaired) electrons. The van der Waals surface area contributed by atoms with Crippen LogP contribution in [0.5, 0.6) is 0 Å². The molecule has 0 saturated carbocycles. The summed E-state index contributed by atoms with van der Waals surface area (Å²) >= 11 is 1.86. The minimum atomic E-state index is 0.133. The first kappa shape index (κ1) is 14.6. The Morgan fingerprint density at radius 2 is 2.17 bits per heavy atom. The number of aromatic nitrogens is 2. The van der Waals surface area contributed by atoms with Gasteiger partial charge in [0, 0.05) is 23.5 Å². The summed E-state index contributed by atoms with van der Waals surface area (Å²) in [7, 11) is 0. The predicted octanol–water partition coefficient (Wildman–Crippen LogP) is 4.23. The number of fused-ring (bicyclic) bond motifs is 1. The summed E-state index contributed by atoms with van der Waals surface area (Å²) in [6.45, 7) is 6.21. The minimum absolute atomic E-state index is 0.133. The summed E-state index contributed by atoms with van der Waals surface area (Å²) in [5, 5.41) is 10.7. The Kier molecular flexibility index (Phi) is 3.75. The highest BCUT2D eigenvalue weighted by atomic mass is 32.1. The van der Waals surface area contributed by atoms with Gasteiger partial charge in [-0.3, -0.25) is 4.90 Å². The molecule has 0 saturated heterocycles. The summed E-state index contributed by atoms with van der Waals surface area (Å²) < 4.78 is 5.95. The van der Waals surface area contributed by atoms with Crippen LogP contribution in [0.4, 0.5) is 0 Å². The van der Waals surface area contributed by atoms with E-state index in [2.05, 4.69) is 52.5 Å². The van der Waals surface area contributed by atoms with E-state index in [1.807, 2.05) is 23.5 Å². The predicted molar refractivity (Wildman–Crippen MR) is 91.3 cm³/mol. The monoisotopic (exact) mass is 325 g/mol. The van der Waals surface area contributed by atoms with Crippen molar-refractivity contribution in [1.82, 2.24) is 15.1 Å². The molecule has 4 rings (SSSR count). The van der Waals surface area contributed by atoms with Gasteiger partial charge in [0.1, 0.15) is 0 Å². The molecule has 118 valence electrons. The Labute approximate surface area is 139 Å². The molecule has 1 atom stereocenters. The average Bonchev–Trinajstić information content (AvgIpc) is 3.22. The van der Waals surface area contributed by atoms with Crippen LogP contribution in [0.15, 0.2) is 40.1 Å². The van der Waals surface area contributed by atoms with Gasteiger partial charge in [-0.05, 0) is 49.4 Å². The van der Waals surface area contributed by atoms with Gasteiger partial charge in [-0.2, -0.15) is 0 Å². The van der Waals surface area contributed by atoms with Crippen molar-refractivity contribution in [3.8, 4) is 11.5 Å². The number of nitrogens with zero attached hydrogens (tertiary/aromatic N) is 3. The highest BCUT2D eigenvalue weighted by molar-refractivity contribution is 7.10. The van der Waals surface area contributed by atoms with E-state index in [4.69, 9.17) is 4.42 Å². The molecule has 0 aliphatic carbocycles. The molecule has 0 spiro atoms. The highest BCUT2D eigenvalue weighted by Crippen LogP contribution is 2.30. The summed E-state index contributed by atoms with van der Waals surface area (Å²) in [5.41, 5.74) is 3.61. The SMILES string of the molecule is Cc1cccc(-c2nnc(C(C)N3CCc4sccc4C3)o2)c1. The molecule has 4 nitrogen and oxygen atoms in total. The summed E-state index contributed by atoms with van der Waals surface area (Å²) in [6, 6.07) is 10.5. The fourth-order valence-electron chi connectivity index (χ4n) is 3.06. The summed E-state index contributed by atoms with van der Waals surface area (Å²) in [6.07, 6.45) is 1.11. The smallest absolute Gasteiger partial charge is 0.247 e. The maximum Gasteiger partial charge on any atom is 0.247 e. The van der Waals surface area contributed by atoms with Crippen LogP contribution in [0.3, 0.4) is 0 Å². The second-order valence-electron chi connectivity index (χ2n) is 6.08. The van der Waals surface area contributed by atoms with Crippen molar-refractivity contribution >= 4 is 11.3 Å². The first-order chi connectivity index (χ1) is 11.2. The molecule has 1 aliphatic rings. The fraction of sp³-hybridized carbons (Fsp3) is 0.333. The van der Waals surface area contributed by atoms with Crippen molar-refractivity contribution in [1.29, 1.82) is 0 Å². The zero-order valence-electron chi connectivity index (χ0n) is 13.3. The number of benzene rings is 1. The molecule has 0 N–H and O–H groups in total. The van der Waals surface area contributed by atoms with Crippen molar-refractivity contribution in [2.45, 2.75) is 32.9 Å². The number of rotatable bonds is 3. The van der Waals surface area contributed by atoms with Crippen LogP contribution in [-0.4, -0.2) is 21.6 Å². The van der Waals surface area contributed by atoms with E-state index in [0.717, 1.165) is 25.1 Å². The molecule has 1 unspecified atom stereocenters. The van der Waals surface area contributed by atoms with Crippen molar-refractivity contribution in [3.05, 3.63) is 57.6 Å². The first-order valence-electron chi connectivity index (χ1n) is 7.90. The van der Waals surface area contributed by atoms with E-state index in [0.29, 0.717) is 11.8 Å². The largest absolute Gasteiger partial charge is 0.419 e. The minimum Gasteiger partial charge on any atom is -0.419 e. The van der Waals surface area contributed by atoms with E-state index < -0.39 is 0 Å². The van der Waals surface area contributed by atoms with Gasteiger partial charge in [0.15, 0.2) is 0 Å². The van der Waals surface area contributed by atoms with Gasteiger partial charge in [-0.1, -0.05) is 17.7 Å². The lowest BCUT2D eigenvalue weighted by molar-refractivity contribution is 0.168. The van der Waals surface area contributed by atoms with Crippen molar-refractivity contribution in [2.24, 2.45) is 0 Å². The van der Waals surface area contributed by atoms with E-state index in [1.165, 1.54) is 16.0 Å². The van der Waals surface area contributed by atoms with Gasteiger partial charge in [-0.25, -0.2) is 0 Å². The van der Waals surface area contributed by atoms with E-state index in [-0.39, 0.29) is 6.04 Å². The number of thiophene rings is 1. The van der Waals surface area contributed by atoms with Gasteiger partial charge < -0.3 is 4.42 Å². The van der Waals surface area contributed by atoms with Crippen LogP contribution in [0.1, 0.15) is 34.9 Å². The molecule has 3 aromatic rings. The fourth-order valence-corrected chi connectivity index (χ4v) is 3.94. The summed E-state index contributed by atoms with van der Waals surface area (Å²) in [4.78, 5) is 3.92. The lowest BCUT2D eigenvalue weighted by Gasteiger charge is -2.30. The van der Waals surface area contributed by atoms with Crippen LogP contribution in [-0.2, 0) is 13.0 Å². The van der Waals surface area contributed by atoms with Crippen molar-refractivity contribution in [2.75, 3.05) is 6.54 Å². The highest BCUT2D eigenvalue weighted by Gasteiger charge is 2.26. The Hall–Kier alpha value is -1.98. The lowest BCUT2D eigenvalue weighted by atomic mass is 10.1. The van der Waals surface area contributed by atoms with Crippen LogP contribution in [0.2, 0.25) is 0 Å². The van der Waals surface area contributed by atoms with Crippen LogP contribution in [0, 0.1) is 6.92 Å². The van der Waals surface area contributed by atoms with Gasteiger partial charge in [0.05, 0.1) is 6.04 Å². The zero-order chi connectivity index (χ0) is 15.8. The third kappa shape index (κ3) is 2.82. The van der Waals surface area contributed by atoms with E-state index >= 15 is 0 Å². The molecule has 0 amide bonds. The molecule has 0 bridgehead atoms. The van der Waals surface area contributed by atoms with Crippen molar-refractivity contribution < 1.29 is 4.42 Å². The Balaban J connectivity index is 1.55. The molecule has 0 fully saturated rings. The lowest BCUT2D eigenvalue weighted by Crippen LogP contribution is -2.32. The van der Waals surface area contributed by atoms with Crippen LogP contribution >= 0.6 is 11.3 Å². The van der Waals surface area contributed by atoms with Gasteiger partial charge in [0.25, 0.3) is 0 Å². The Bertz CT molecular complexity index is 823. The third-order valence-electron chi connectivity index (χ3n) is 4.45. The number of hydrogen-bond acceptors (Lipinski definition) is 5. The molecule has 23 heavy (non-hydrogen) atoms. The third-order valence-corrected chi connectivity index (χ3v) is 5.47. The molecular formula is C18H19N3OS. The van der Waals surface area contributed by atoms with E-state index in [9.17, 15) is 0 Å². The first-order valence-corrected chi connectivity index (χ1v) is 8.78. The molecule has 5 heteroatoms. The Morgan fingerprint density at radius 3 is 3.04 bits per heavy atom. The molecular weight excluding hydrogens is 306 g/mol. The van der Waals surface area contributed by atoms with Gasteiger partial charge in [0.2, 0.25) is 11.8 Å². The van der Waals surface area contributed by atoms with Crippen LogP contribution in [0.25, 0.3) is 11.5 Å². The summed E-state index contributed by atoms with van der Waals surface area (Å²) in [5.74, 6) is 1.30. The second-order valence-corrected chi connectivity index (χ2v) is 7.08. The maximum absolute atomic E-state index is 5.95. The van der Waals surface area contributed by atoms with Crippen LogP contribution < -0.4 is 0 Å². The molecule has 1 aromatic carbocycles. The molecule has 3 heterocycles. The Morgan fingerprint density at radius 1 is 1.26 bits per heavy atom. The average molecular weight is 325 g/mol. The normalized spacial score (nSPS) is 16.3. The number of aryl methyl sites for hydroxylation is 1. The van der Waals surface area contributed by atoms with E-state index in [1.54, 1.807) is 0 Å². The van der Waals surface area contributed by atoms with Gasteiger partial charge in [-0.15, -0.1) is 21.5 Å². The van der Waals surface area contributed by atoms with Crippen molar-refractivity contribution in [3.63, 3.8) is 0 Å².